The van der Waals surface area contributed by atoms with Gasteiger partial charge in [0.05, 0.1) is 4.92 Å². The Morgan fingerprint density at radius 2 is 2.14 bits per heavy atom. The summed E-state index contributed by atoms with van der Waals surface area (Å²) < 4.78 is 0. The lowest BCUT2D eigenvalue weighted by Gasteiger charge is -2.24. The molecule has 116 valence electrons. The topological polar surface area (TPSA) is 102 Å². The molecule has 0 saturated heterocycles. The van der Waals surface area contributed by atoms with Gasteiger partial charge in [-0.15, -0.1) is 0 Å². The van der Waals surface area contributed by atoms with E-state index < -0.39 is 4.92 Å². The van der Waals surface area contributed by atoms with E-state index in [0.717, 1.165) is 6.42 Å². The maximum atomic E-state index is 12.6. The predicted octanol–water partition coefficient (Wildman–Crippen LogP) is 2.39. The van der Waals surface area contributed by atoms with Gasteiger partial charge in [-0.1, -0.05) is 20.3 Å². The van der Waals surface area contributed by atoms with Crippen LogP contribution in [0.5, 0.6) is 0 Å². The first kappa shape index (κ1) is 16.9. The van der Waals surface area contributed by atoms with Crippen LogP contribution in [0.3, 0.4) is 0 Å². The van der Waals surface area contributed by atoms with Crippen molar-refractivity contribution in [2.24, 2.45) is 11.8 Å². The third kappa shape index (κ3) is 4.16. The molecule has 7 nitrogen and oxygen atoms in total. The fourth-order valence-electron chi connectivity index (χ4n) is 1.99. The van der Waals surface area contributed by atoms with Crippen LogP contribution in [-0.2, 0) is 0 Å². The average Bonchev–Trinajstić information content (AvgIpc) is 2.50. The minimum Gasteiger partial charge on any atom is -0.338 e. The lowest BCUT2D eigenvalue weighted by molar-refractivity contribution is -0.385. The monoisotopic (exact) mass is 294 g/mol. The summed E-state index contributed by atoms with van der Waals surface area (Å²) in [7, 11) is 0. The van der Waals surface area contributed by atoms with Gasteiger partial charge in [0.15, 0.2) is 0 Å². The number of benzene rings is 1. The summed E-state index contributed by atoms with van der Waals surface area (Å²) in [6.07, 6.45) is 0.941. The van der Waals surface area contributed by atoms with Crippen molar-refractivity contribution in [3.63, 3.8) is 0 Å². The van der Waals surface area contributed by atoms with Crippen LogP contribution in [0.25, 0.3) is 0 Å². The van der Waals surface area contributed by atoms with E-state index in [9.17, 15) is 14.9 Å². The van der Waals surface area contributed by atoms with E-state index in [1.165, 1.54) is 18.2 Å². The zero-order valence-electron chi connectivity index (χ0n) is 12.6. The predicted molar refractivity (Wildman–Crippen MR) is 81.9 cm³/mol. The molecule has 21 heavy (non-hydrogen) atoms. The van der Waals surface area contributed by atoms with E-state index in [-0.39, 0.29) is 17.2 Å². The summed E-state index contributed by atoms with van der Waals surface area (Å²) >= 11 is 0. The Kier molecular flexibility index (Phi) is 6.10. The minimum atomic E-state index is -0.551. The molecule has 0 fully saturated rings. The molecule has 0 aliphatic rings. The van der Waals surface area contributed by atoms with Crippen LogP contribution in [-0.4, -0.2) is 28.8 Å². The Bertz CT molecular complexity index is 519. The van der Waals surface area contributed by atoms with E-state index >= 15 is 0 Å². The lowest BCUT2D eigenvalue weighted by atomic mass is 10.1. The first-order valence-electron chi connectivity index (χ1n) is 6.98. The number of hydrogen-bond donors (Lipinski definition) is 2. The minimum absolute atomic E-state index is 0.0561. The van der Waals surface area contributed by atoms with Crippen LogP contribution in [0.4, 0.5) is 11.4 Å². The number of carbonyl (C=O) groups is 1. The smallest absolute Gasteiger partial charge is 0.282 e. The average molecular weight is 294 g/mol. The van der Waals surface area contributed by atoms with Crippen LogP contribution in [0.2, 0.25) is 0 Å². The van der Waals surface area contributed by atoms with Gasteiger partial charge < -0.3 is 10.3 Å². The number of nitrogens with zero attached hydrogens (tertiary/aromatic N) is 2. The number of hydrazine groups is 1. The normalized spacial score (nSPS) is 11.8. The number of carbonyl (C=O) groups excluding carboxylic acids is 1. The largest absolute Gasteiger partial charge is 0.338 e. The van der Waals surface area contributed by atoms with E-state index in [1.54, 1.807) is 4.90 Å². The molecule has 0 aromatic heterocycles. The van der Waals surface area contributed by atoms with Gasteiger partial charge in [-0.3, -0.25) is 20.8 Å². The molecule has 0 bridgehead atoms. The maximum absolute atomic E-state index is 12.6. The van der Waals surface area contributed by atoms with Gasteiger partial charge in [-0.2, -0.15) is 0 Å². The SMILES string of the molecule is CCC(C)CN(CC)C(=O)c1cc(NN)ccc1[N+](=O)[O-]. The number of nitro groups is 1. The fourth-order valence-corrected chi connectivity index (χ4v) is 1.99. The number of anilines is 1. The molecular weight excluding hydrogens is 272 g/mol. The summed E-state index contributed by atoms with van der Waals surface area (Å²) in [5.41, 5.74) is 2.71. The number of rotatable bonds is 7. The first-order chi connectivity index (χ1) is 9.94. The molecule has 1 amide bonds. The zero-order chi connectivity index (χ0) is 16.0. The van der Waals surface area contributed by atoms with Crippen molar-refractivity contribution < 1.29 is 9.72 Å². The van der Waals surface area contributed by atoms with Crippen molar-refractivity contribution >= 4 is 17.3 Å². The highest BCUT2D eigenvalue weighted by Gasteiger charge is 2.25. The molecule has 1 rings (SSSR count). The maximum Gasteiger partial charge on any atom is 0.282 e. The van der Waals surface area contributed by atoms with Crippen molar-refractivity contribution in [2.45, 2.75) is 27.2 Å². The molecule has 0 radical (unpaired) electrons. The van der Waals surface area contributed by atoms with Gasteiger partial charge in [-0.25, -0.2) is 0 Å². The highest BCUT2D eigenvalue weighted by molar-refractivity contribution is 5.99. The Labute approximate surface area is 124 Å². The van der Waals surface area contributed by atoms with E-state index in [1.807, 2.05) is 20.8 Å². The molecule has 0 aliphatic carbocycles. The Morgan fingerprint density at radius 1 is 1.48 bits per heavy atom. The second-order valence-corrected chi connectivity index (χ2v) is 4.99. The summed E-state index contributed by atoms with van der Waals surface area (Å²) in [5, 5.41) is 11.1. The van der Waals surface area contributed by atoms with Crippen molar-refractivity contribution in [1.82, 2.24) is 4.90 Å². The highest BCUT2D eigenvalue weighted by Crippen LogP contribution is 2.24. The Balaban J connectivity index is 3.16. The number of nitrogens with two attached hydrogens (primary N) is 1. The second kappa shape index (κ2) is 7.58. The molecule has 0 spiro atoms. The quantitative estimate of drug-likeness (QED) is 0.457. The third-order valence-corrected chi connectivity index (χ3v) is 3.49. The summed E-state index contributed by atoms with van der Waals surface area (Å²) in [5.74, 6) is 5.30. The summed E-state index contributed by atoms with van der Waals surface area (Å²) in [4.78, 5) is 24.7. The summed E-state index contributed by atoms with van der Waals surface area (Å²) in [6, 6.07) is 4.18. The van der Waals surface area contributed by atoms with Crippen LogP contribution < -0.4 is 11.3 Å². The fraction of sp³-hybridized carbons (Fsp3) is 0.500. The van der Waals surface area contributed by atoms with Crippen LogP contribution in [0.1, 0.15) is 37.6 Å². The molecule has 0 saturated carbocycles. The summed E-state index contributed by atoms with van der Waals surface area (Å²) in [6.45, 7) is 7.02. The van der Waals surface area contributed by atoms with E-state index in [4.69, 9.17) is 5.84 Å². The number of nitro benzene ring substituents is 1. The zero-order valence-corrected chi connectivity index (χ0v) is 12.6. The van der Waals surface area contributed by atoms with Gasteiger partial charge in [0, 0.05) is 24.8 Å². The number of nitrogen functional groups attached to an aromatic ring is 1. The number of hydrogen-bond acceptors (Lipinski definition) is 5. The molecule has 1 unspecified atom stereocenters. The van der Waals surface area contributed by atoms with Crippen LogP contribution in [0.15, 0.2) is 18.2 Å². The number of nitrogens with one attached hydrogen (secondary N) is 1. The highest BCUT2D eigenvalue weighted by atomic mass is 16.6. The Hall–Kier alpha value is -2.15. The van der Waals surface area contributed by atoms with Crippen molar-refractivity contribution in [1.29, 1.82) is 0 Å². The van der Waals surface area contributed by atoms with E-state index in [2.05, 4.69) is 5.43 Å². The van der Waals surface area contributed by atoms with Gasteiger partial charge >= 0.3 is 0 Å². The van der Waals surface area contributed by atoms with Crippen molar-refractivity contribution in [2.75, 3.05) is 18.5 Å². The van der Waals surface area contributed by atoms with E-state index in [0.29, 0.717) is 24.7 Å². The Morgan fingerprint density at radius 3 is 2.62 bits per heavy atom. The van der Waals surface area contributed by atoms with Gasteiger partial charge in [0.1, 0.15) is 5.56 Å². The standard InChI is InChI=1S/C14H22N4O3/c1-4-10(3)9-17(5-2)14(19)12-8-11(16-15)6-7-13(12)18(20)21/h6-8,10,16H,4-5,9,15H2,1-3H3. The van der Waals surface area contributed by atoms with Crippen molar-refractivity contribution in [3.8, 4) is 0 Å². The first-order valence-corrected chi connectivity index (χ1v) is 6.98. The molecular formula is C14H22N4O3. The molecule has 0 heterocycles. The molecule has 1 aromatic rings. The molecule has 1 aromatic carbocycles. The lowest BCUT2D eigenvalue weighted by Crippen LogP contribution is -2.35. The van der Waals surface area contributed by atoms with Crippen LogP contribution in [0, 0.1) is 16.0 Å². The molecule has 7 heteroatoms. The number of amides is 1. The molecule has 1 atom stereocenters. The third-order valence-electron chi connectivity index (χ3n) is 3.49. The van der Waals surface area contributed by atoms with Gasteiger partial charge in [0.2, 0.25) is 0 Å². The van der Waals surface area contributed by atoms with Gasteiger partial charge in [0.25, 0.3) is 11.6 Å². The second-order valence-electron chi connectivity index (χ2n) is 4.99. The molecule has 0 aliphatic heterocycles. The van der Waals surface area contributed by atoms with Gasteiger partial charge in [-0.05, 0) is 25.0 Å². The van der Waals surface area contributed by atoms with Crippen molar-refractivity contribution in [3.05, 3.63) is 33.9 Å². The van der Waals surface area contributed by atoms with Crippen LogP contribution >= 0.6 is 0 Å². The molecule has 3 N–H and O–H groups in total.